The largest absolute Gasteiger partial charge is 0.480 e. The summed E-state index contributed by atoms with van der Waals surface area (Å²) in [4.78, 5) is 20.5. The van der Waals surface area contributed by atoms with E-state index in [-0.39, 0.29) is 34.0 Å². The Hall–Kier alpha value is -0.0797. The molecule has 141 valence electrons. The van der Waals surface area contributed by atoms with E-state index in [1.807, 2.05) is 0 Å². The van der Waals surface area contributed by atoms with Crippen LogP contribution in [0.4, 0.5) is 0 Å². The first-order valence-electron chi connectivity index (χ1n) is 6.01. The molecule has 0 aromatic heterocycles. The molecule has 0 bridgehead atoms. The number of carbonyl (C=O) groups is 2. The molecule has 5 atom stereocenters. The van der Waals surface area contributed by atoms with Gasteiger partial charge in [-0.2, -0.15) is 12.6 Å². The van der Waals surface area contributed by atoms with E-state index in [9.17, 15) is 9.59 Å². The van der Waals surface area contributed by atoms with E-state index < -0.39 is 43.0 Å². The van der Waals surface area contributed by atoms with Crippen molar-refractivity contribution in [2.75, 3.05) is 12.4 Å². The van der Waals surface area contributed by atoms with E-state index in [2.05, 4.69) is 30.2 Å². The van der Waals surface area contributed by atoms with Crippen molar-refractivity contribution in [3.63, 3.8) is 0 Å². The third-order valence-electron chi connectivity index (χ3n) is 2.28. The Morgan fingerprint density at radius 2 is 1.70 bits per heavy atom. The molecule has 12 heteroatoms. The summed E-state index contributed by atoms with van der Waals surface area (Å²) in [5.41, 5.74) is 0. The smallest absolute Gasteiger partial charge is 0.327 e. The zero-order chi connectivity index (χ0) is 17.9. The Bertz CT molecular complexity index is 363. The normalized spacial score (nSPS) is 16.3. The number of nitrogens with one attached hydrogen (secondary N) is 1. The van der Waals surface area contributed by atoms with Gasteiger partial charge in [-0.25, -0.2) is 4.79 Å². The second kappa shape index (κ2) is 15.4. The summed E-state index contributed by atoms with van der Waals surface area (Å²) >= 11 is 8.04. The summed E-state index contributed by atoms with van der Waals surface area (Å²) in [6.45, 7) is 0.571. The molecule has 0 saturated heterocycles. The van der Waals surface area contributed by atoms with Gasteiger partial charge in [0.05, 0.1) is 6.61 Å². The molecule has 0 spiro atoms. The van der Waals surface area contributed by atoms with Crippen molar-refractivity contribution >= 4 is 42.1 Å². The van der Waals surface area contributed by atoms with Gasteiger partial charge in [-0.1, -0.05) is 12.2 Å². The number of carboxylic acids is 1. The second-order valence-electron chi connectivity index (χ2n) is 4.13. The predicted octanol–water partition coefficient (Wildman–Crippen LogP) is -3.07. The summed E-state index contributed by atoms with van der Waals surface area (Å²) < 4.78 is 0. The molecule has 5 unspecified atom stereocenters. The molecule has 1 amide bonds. The standard InChI is InChI=1S/C6H12O5S.C5H9NO3S.Au/c7-1-3(8)5(10)6(11)4(9)2-12;1-3(7)6-4(2-10)5(8)9;/h2-11H,1H2;4,10H,2H2,1H3,(H,6,7)(H,8,9);. The van der Waals surface area contributed by atoms with Crippen LogP contribution in [0.15, 0.2) is 0 Å². The Kier molecular flexibility index (Phi) is 18.6. The molecular weight excluding hydrogens is 535 g/mol. The van der Waals surface area contributed by atoms with Gasteiger partial charge in [-0.3, -0.25) is 4.79 Å². The number of aliphatic hydroxyl groups excluding tert-OH is 5. The van der Waals surface area contributed by atoms with Crippen LogP contribution in [-0.4, -0.2) is 90.7 Å². The van der Waals surface area contributed by atoms with E-state index in [1.54, 1.807) is 0 Å². The molecule has 0 aliphatic rings. The van der Waals surface area contributed by atoms with Gasteiger partial charge in [-0.15, -0.1) is 0 Å². The molecule has 23 heavy (non-hydrogen) atoms. The molecule has 0 heterocycles. The Balaban J connectivity index is -0.000000338. The van der Waals surface area contributed by atoms with E-state index >= 15 is 0 Å². The summed E-state index contributed by atoms with van der Waals surface area (Å²) in [5.74, 6) is -1.32. The first kappa shape index (κ1) is 27.8. The summed E-state index contributed by atoms with van der Waals surface area (Å²) in [6, 6.07) is -0.874. The van der Waals surface area contributed by atoms with Gasteiger partial charge < -0.3 is 36.0 Å². The fraction of sp³-hybridized carbons (Fsp3) is 0.727. The number of aliphatic hydroxyl groups is 5. The van der Waals surface area contributed by atoms with Crippen molar-refractivity contribution in [3.05, 3.63) is 0 Å². The molecule has 9 nitrogen and oxygen atoms in total. The number of amides is 1. The Morgan fingerprint density at radius 1 is 1.22 bits per heavy atom. The Labute approximate surface area is 159 Å². The van der Waals surface area contributed by atoms with Gasteiger partial charge in [-0.05, 0) is 0 Å². The van der Waals surface area contributed by atoms with Crippen LogP contribution >= 0.6 is 24.8 Å². The summed E-state index contributed by atoms with van der Waals surface area (Å²) in [7, 11) is 0. The van der Waals surface area contributed by atoms with Crippen LogP contribution in [0.3, 0.4) is 0 Å². The van der Waals surface area contributed by atoms with Crippen LogP contribution in [0.5, 0.6) is 0 Å². The minimum absolute atomic E-state index is 0. The number of thiocarbonyl (C=S) groups is 1. The Morgan fingerprint density at radius 3 is 1.91 bits per heavy atom. The number of hydrogen-bond acceptors (Lipinski definition) is 9. The van der Waals surface area contributed by atoms with Crippen molar-refractivity contribution in [2.45, 2.75) is 37.4 Å². The SMILES string of the molecule is CC(=O)NC(CS)C(=O)O.OCC(O)C(O)C(O)C(O)C=S.[Au]. The quantitative estimate of drug-likeness (QED) is 0.0879. The maximum absolute atomic E-state index is 10.3. The van der Waals surface area contributed by atoms with E-state index in [0.29, 0.717) is 0 Å². The maximum Gasteiger partial charge on any atom is 0.327 e. The molecule has 0 aromatic carbocycles. The molecule has 0 fully saturated rings. The molecule has 0 aliphatic heterocycles. The van der Waals surface area contributed by atoms with Crippen LogP contribution in [0, 0.1) is 0 Å². The molecule has 0 rings (SSSR count). The van der Waals surface area contributed by atoms with Crippen LogP contribution in [0.25, 0.3) is 0 Å². The molecule has 0 saturated carbocycles. The average molecular weight is 556 g/mol. The molecule has 7 N–H and O–H groups in total. The van der Waals surface area contributed by atoms with Crippen molar-refractivity contribution in [2.24, 2.45) is 0 Å². The fourth-order valence-corrected chi connectivity index (χ4v) is 1.46. The van der Waals surface area contributed by atoms with Crippen molar-refractivity contribution < 1.29 is 62.6 Å². The minimum Gasteiger partial charge on any atom is -0.480 e. The van der Waals surface area contributed by atoms with Crippen LogP contribution in [0.2, 0.25) is 0 Å². The van der Waals surface area contributed by atoms with Crippen LogP contribution in [-0.2, 0) is 32.0 Å². The number of carbonyl (C=O) groups excluding carboxylic acids is 1. The number of thiol groups is 1. The molecule has 1 radical (unpaired) electrons. The predicted molar refractivity (Wildman–Crippen MR) is 83.9 cm³/mol. The van der Waals surface area contributed by atoms with Gasteiger partial charge in [0, 0.05) is 40.4 Å². The third-order valence-corrected chi connectivity index (χ3v) is 2.92. The third kappa shape index (κ3) is 12.9. The first-order valence-corrected chi connectivity index (χ1v) is 7.11. The van der Waals surface area contributed by atoms with Crippen molar-refractivity contribution in [3.8, 4) is 0 Å². The minimum atomic E-state index is -1.61. The van der Waals surface area contributed by atoms with Gasteiger partial charge >= 0.3 is 5.97 Å². The van der Waals surface area contributed by atoms with Gasteiger partial charge in [0.25, 0.3) is 0 Å². The molecule has 0 aliphatic carbocycles. The fourth-order valence-electron chi connectivity index (χ4n) is 1.05. The van der Waals surface area contributed by atoms with Crippen molar-refractivity contribution in [1.82, 2.24) is 5.32 Å². The van der Waals surface area contributed by atoms with E-state index in [4.69, 9.17) is 30.6 Å². The topological polar surface area (TPSA) is 168 Å². The van der Waals surface area contributed by atoms with E-state index in [1.165, 1.54) is 6.92 Å². The van der Waals surface area contributed by atoms with Crippen LogP contribution < -0.4 is 5.32 Å². The summed E-state index contributed by atoms with van der Waals surface area (Å²) in [6.07, 6.45) is -6.06. The monoisotopic (exact) mass is 556 g/mol. The van der Waals surface area contributed by atoms with Crippen LogP contribution in [0.1, 0.15) is 6.92 Å². The second-order valence-corrected chi connectivity index (χ2v) is 4.77. The van der Waals surface area contributed by atoms with E-state index in [0.717, 1.165) is 5.37 Å². The first-order chi connectivity index (χ1) is 10.1. The molecular formula is C11H21AuNO8S2. The summed E-state index contributed by atoms with van der Waals surface area (Å²) in [5, 5.41) is 55.5. The van der Waals surface area contributed by atoms with Crippen molar-refractivity contribution in [1.29, 1.82) is 0 Å². The number of aliphatic carboxylic acids is 1. The number of rotatable bonds is 8. The van der Waals surface area contributed by atoms with Gasteiger partial charge in [0.2, 0.25) is 5.91 Å². The average Bonchev–Trinajstić information content (AvgIpc) is 2.49. The maximum atomic E-state index is 10.3. The molecule has 0 aromatic rings. The van der Waals surface area contributed by atoms with Gasteiger partial charge in [0.1, 0.15) is 30.5 Å². The van der Waals surface area contributed by atoms with Gasteiger partial charge in [0.15, 0.2) is 0 Å². The zero-order valence-electron chi connectivity index (χ0n) is 12.0. The zero-order valence-corrected chi connectivity index (χ0v) is 15.9. The number of carboxylic acid groups (broad SMARTS) is 1. The number of hydrogen-bond donors (Lipinski definition) is 8.